The zero-order valence-electron chi connectivity index (χ0n) is 12.5. The number of ether oxygens (including phenoxy) is 1. The van der Waals surface area contributed by atoms with Crippen LogP contribution < -0.4 is 15.4 Å². The van der Waals surface area contributed by atoms with Gasteiger partial charge in [-0.3, -0.25) is 9.59 Å². The molecule has 0 unspecified atom stereocenters. The van der Waals surface area contributed by atoms with Crippen LogP contribution >= 0.6 is 0 Å². The van der Waals surface area contributed by atoms with E-state index in [1.54, 1.807) is 24.3 Å². The first-order chi connectivity index (χ1) is 11.2. The molecule has 0 saturated heterocycles. The molecule has 0 bridgehead atoms. The van der Waals surface area contributed by atoms with E-state index < -0.39 is 5.91 Å². The van der Waals surface area contributed by atoms with E-state index in [2.05, 4.69) is 10.6 Å². The predicted octanol–water partition coefficient (Wildman–Crippen LogP) is 1.32. The molecule has 0 saturated carbocycles. The van der Waals surface area contributed by atoms with Crippen molar-refractivity contribution in [3.63, 3.8) is 0 Å². The number of aromatic hydroxyl groups is 1. The lowest BCUT2D eigenvalue weighted by atomic mass is 10.2. The van der Waals surface area contributed by atoms with Crippen LogP contribution in [0.5, 0.6) is 11.5 Å². The second-order valence-corrected chi connectivity index (χ2v) is 4.72. The number of rotatable bonds is 7. The molecule has 0 spiro atoms. The topological polar surface area (TPSA) is 87.7 Å². The van der Waals surface area contributed by atoms with E-state index in [-0.39, 0.29) is 36.9 Å². The molecule has 0 heterocycles. The normalized spacial score (nSPS) is 9.91. The molecule has 0 aliphatic heterocycles. The van der Waals surface area contributed by atoms with Gasteiger partial charge in [-0.1, -0.05) is 30.3 Å². The van der Waals surface area contributed by atoms with Crippen molar-refractivity contribution in [3.8, 4) is 11.5 Å². The molecule has 0 radical (unpaired) electrons. The van der Waals surface area contributed by atoms with E-state index in [0.29, 0.717) is 5.75 Å². The van der Waals surface area contributed by atoms with E-state index >= 15 is 0 Å². The highest BCUT2D eigenvalue weighted by Crippen LogP contribution is 2.14. The van der Waals surface area contributed by atoms with Gasteiger partial charge < -0.3 is 20.5 Å². The standard InChI is InChI=1S/C17H18N2O4/c20-15-9-5-4-8-14(15)17(22)19-11-10-18-16(21)12-23-13-6-2-1-3-7-13/h1-9,20H,10-12H2,(H,18,21)(H,19,22). The number of phenols is 1. The third kappa shape index (κ3) is 5.35. The molecule has 0 atom stereocenters. The number of carbonyl (C=O) groups is 2. The van der Waals surface area contributed by atoms with Crippen molar-refractivity contribution in [2.75, 3.05) is 19.7 Å². The van der Waals surface area contributed by atoms with Crippen molar-refractivity contribution in [3.05, 3.63) is 60.2 Å². The number of hydrogen-bond acceptors (Lipinski definition) is 4. The van der Waals surface area contributed by atoms with Gasteiger partial charge in [0.2, 0.25) is 0 Å². The molecule has 6 nitrogen and oxygen atoms in total. The summed E-state index contributed by atoms with van der Waals surface area (Å²) in [6.45, 7) is 0.442. The smallest absolute Gasteiger partial charge is 0.258 e. The van der Waals surface area contributed by atoms with E-state index in [1.807, 2.05) is 18.2 Å². The van der Waals surface area contributed by atoms with Crippen LogP contribution in [0.2, 0.25) is 0 Å². The second kappa shape index (κ2) is 8.43. The number of phenolic OH excluding ortho intramolecular Hbond substituents is 1. The van der Waals surface area contributed by atoms with Gasteiger partial charge in [0.15, 0.2) is 6.61 Å². The molecule has 0 fully saturated rings. The van der Waals surface area contributed by atoms with Crippen LogP contribution in [0.25, 0.3) is 0 Å². The number of nitrogens with one attached hydrogen (secondary N) is 2. The van der Waals surface area contributed by atoms with Crippen LogP contribution in [0.1, 0.15) is 10.4 Å². The largest absolute Gasteiger partial charge is 0.507 e. The highest BCUT2D eigenvalue weighted by molar-refractivity contribution is 5.96. The first-order valence-electron chi connectivity index (χ1n) is 7.17. The number of benzene rings is 2. The fourth-order valence-electron chi connectivity index (χ4n) is 1.86. The Morgan fingerprint density at radius 2 is 1.57 bits per heavy atom. The van der Waals surface area contributed by atoms with Gasteiger partial charge in [0, 0.05) is 13.1 Å². The fourth-order valence-corrected chi connectivity index (χ4v) is 1.86. The minimum absolute atomic E-state index is 0.0784. The number of para-hydroxylation sites is 2. The average Bonchev–Trinajstić information content (AvgIpc) is 2.58. The van der Waals surface area contributed by atoms with Gasteiger partial charge in [-0.25, -0.2) is 0 Å². The maximum atomic E-state index is 11.8. The molecule has 23 heavy (non-hydrogen) atoms. The lowest BCUT2D eigenvalue weighted by Gasteiger charge is -2.09. The quantitative estimate of drug-likeness (QED) is 0.673. The van der Waals surface area contributed by atoms with Gasteiger partial charge in [0.1, 0.15) is 11.5 Å². The van der Waals surface area contributed by atoms with Crippen LogP contribution in [0.4, 0.5) is 0 Å². The molecule has 0 aromatic heterocycles. The minimum Gasteiger partial charge on any atom is -0.507 e. The Labute approximate surface area is 134 Å². The molecular weight excluding hydrogens is 296 g/mol. The van der Waals surface area contributed by atoms with Crippen molar-refractivity contribution < 1.29 is 19.4 Å². The number of amides is 2. The van der Waals surface area contributed by atoms with Crippen LogP contribution in [0, 0.1) is 0 Å². The molecule has 2 amide bonds. The Hall–Kier alpha value is -3.02. The van der Waals surface area contributed by atoms with Gasteiger partial charge >= 0.3 is 0 Å². The van der Waals surface area contributed by atoms with Gasteiger partial charge in [0.05, 0.1) is 5.56 Å². The molecule has 3 N–H and O–H groups in total. The maximum Gasteiger partial charge on any atom is 0.258 e. The lowest BCUT2D eigenvalue weighted by Crippen LogP contribution is -2.36. The van der Waals surface area contributed by atoms with E-state index in [1.165, 1.54) is 12.1 Å². The van der Waals surface area contributed by atoms with Gasteiger partial charge in [-0.15, -0.1) is 0 Å². The summed E-state index contributed by atoms with van der Waals surface area (Å²) in [7, 11) is 0. The zero-order valence-corrected chi connectivity index (χ0v) is 12.5. The number of carbonyl (C=O) groups excluding carboxylic acids is 2. The van der Waals surface area contributed by atoms with E-state index in [9.17, 15) is 14.7 Å². The zero-order chi connectivity index (χ0) is 16.5. The first-order valence-corrected chi connectivity index (χ1v) is 7.17. The highest BCUT2D eigenvalue weighted by atomic mass is 16.5. The predicted molar refractivity (Wildman–Crippen MR) is 85.4 cm³/mol. The lowest BCUT2D eigenvalue weighted by molar-refractivity contribution is -0.123. The molecule has 2 rings (SSSR count). The van der Waals surface area contributed by atoms with Crippen molar-refractivity contribution in [2.45, 2.75) is 0 Å². The summed E-state index contributed by atoms with van der Waals surface area (Å²) in [5, 5.41) is 14.8. The number of hydrogen-bond donors (Lipinski definition) is 3. The Kier molecular flexibility index (Phi) is 5.99. The third-order valence-corrected chi connectivity index (χ3v) is 2.99. The second-order valence-electron chi connectivity index (χ2n) is 4.72. The SMILES string of the molecule is O=C(COc1ccccc1)NCCNC(=O)c1ccccc1O. The Bertz CT molecular complexity index is 659. The first kappa shape index (κ1) is 16.4. The van der Waals surface area contributed by atoms with Crippen molar-refractivity contribution >= 4 is 11.8 Å². The van der Waals surface area contributed by atoms with Crippen LogP contribution in [0.3, 0.4) is 0 Å². The van der Waals surface area contributed by atoms with Gasteiger partial charge in [0.25, 0.3) is 11.8 Å². The Balaban J connectivity index is 1.64. The van der Waals surface area contributed by atoms with E-state index in [4.69, 9.17) is 4.74 Å². The third-order valence-electron chi connectivity index (χ3n) is 2.99. The van der Waals surface area contributed by atoms with Crippen molar-refractivity contribution in [2.24, 2.45) is 0 Å². The summed E-state index contributed by atoms with van der Waals surface area (Å²) in [5.41, 5.74) is 0.200. The Morgan fingerprint density at radius 3 is 2.30 bits per heavy atom. The molecule has 120 valence electrons. The molecule has 0 aliphatic rings. The molecule has 0 aliphatic carbocycles. The summed E-state index contributed by atoms with van der Waals surface area (Å²) in [6, 6.07) is 15.3. The van der Waals surface area contributed by atoms with Crippen molar-refractivity contribution in [1.29, 1.82) is 0 Å². The monoisotopic (exact) mass is 314 g/mol. The summed E-state index contributed by atoms with van der Waals surface area (Å²) in [4.78, 5) is 23.4. The van der Waals surface area contributed by atoms with E-state index in [0.717, 1.165) is 0 Å². The summed E-state index contributed by atoms with van der Waals surface area (Å²) in [5.74, 6) is -0.121. The van der Waals surface area contributed by atoms with Gasteiger partial charge in [-0.2, -0.15) is 0 Å². The van der Waals surface area contributed by atoms with Crippen LogP contribution in [-0.2, 0) is 4.79 Å². The van der Waals surface area contributed by atoms with Crippen molar-refractivity contribution in [1.82, 2.24) is 10.6 Å². The van der Waals surface area contributed by atoms with Crippen LogP contribution in [0.15, 0.2) is 54.6 Å². The molecule has 2 aromatic rings. The van der Waals surface area contributed by atoms with Crippen LogP contribution in [-0.4, -0.2) is 36.6 Å². The molecule has 6 heteroatoms. The minimum atomic E-state index is -0.391. The average molecular weight is 314 g/mol. The highest BCUT2D eigenvalue weighted by Gasteiger charge is 2.09. The molecule has 2 aromatic carbocycles. The summed E-state index contributed by atoms with van der Waals surface area (Å²) < 4.78 is 5.30. The molecular formula is C17H18N2O4. The van der Waals surface area contributed by atoms with Gasteiger partial charge in [-0.05, 0) is 24.3 Å². The summed E-state index contributed by atoms with van der Waals surface area (Å²) in [6.07, 6.45) is 0. The summed E-state index contributed by atoms with van der Waals surface area (Å²) >= 11 is 0. The Morgan fingerprint density at radius 1 is 0.913 bits per heavy atom. The maximum absolute atomic E-state index is 11.8. The fraction of sp³-hybridized carbons (Fsp3) is 0.176.